The Balaban J connectivity index is 2.10. The van der Waals surface area contributed by atoms with Gasteiger partial charge in [-0.2, -0.15) is 4.31 Å². The van der Waals surface area contributed by atoms with E-state index in [4.69, 9.17) is 4.74 Å². The standard InChI is InChI=1S/C18H21FN2O4S/c1-4-25-16-9-11-17(12-10-16)26(23,24)20(2)13-18(22)21(3)15-7-5-14(19)6-8-15/h5-12H,4,13H2,1-3H3. The van der Waals surface area contributed by atoms with E-state index in [0.717, 1.165) is 4.31 Å². The molecule has 0 radical (unpaired) electrons. The summed E-state index contributed by atoms with van der Waals surface area (Å²) in [6.07, 6.45) is 0. The van der Waals surface area contributed by atoms with E-state index in [-0.39, 0.29) is 11.4 Å². The molecule has 1 amide bonds. The maximum atomic E-state index is 13.0. The molecule has 2 rings (SSSR count). The zero-order chi connectivity index (χ0) is 19.3. The van der Waals surface area contributed by atoms with Crippen LogP contribution >= 0.6 is 0 Å². The maximum Gasteiger partial charge on any atom is 0.243 e. The molecule has 0 aliphatic rings. The van der Waals surface area contributed by atoms with Gasteiger partial charge in [0.2, 0.25) is 15.9 Å². The molecule has 6 nitrogen and oxygen atoms in total. The fourth-order valence-electron chi connectivity index (χ4n) is 2.24. The second kappa shape index (κ2) is 8.29. The molecule has 0 fully saturated rings. The highest BCUT2D eigenvalue weighted by molar-refractivity contribution is 7.89. The zero-order valence-electron chi connectivity index (χ0n) is 14.8. The number of hydrogen-bond acceptors (Lipinski definition) is 4. The van der Waals surface area contributed by atoms with Gasteiger partial charge in [-0.1, -0.05) is 0 Å². The van der Waals surface area contributed by atoms with Crippen LogP contribution in [0, 0.1) is 5.82 Å². The van der Waals surface area contributed by atoms with Gasteiger partial charge in [-0.3, -0.25) is 4.79 Å². The summed E-state index contributed by atoms with van der Waals surface area (Å²) in [6.45, 7) is 1.97. The fourth-order valence-corrected chi connectivity index (χ4v) is 3.36. The molecule has 2 aromatic carbocycles. The van der Waals surface area contributed by atoms with Gasteiger partial charge >= 0.3 is 0 Å². The van der Waals surface area contributed by atoms with E-state index in [1.807, 2.05) is 6.92 Å². The largest absolute Gasteiger partial charge is 0.494 e. The first-order valence-corrected chi connectivity index (χ1v) is 9.41. The van der Waals surface area contributed by atoms with Crippen LogP contribution in [0.3, 0.4) is 0 Å². The van der Waals surface area contributed by atoms with Crippen molar-refractivity contribution in [1.29, 1.82) is 0 Å². The van der Waals surface area contributed by atoms with E-state index in [1.165, 1.54) is 55.4 Å². The number of carbonyl (C=O) groups excluding carboxylic acids is 1. The van der Waals surface area contributed by atoms with Gasteiger partial charge in [-0.05, 0) is 55.5 Å². The molecule has 140 valence electrons. The minimum absolute atomic E-state index is 0.0701. The fraction of sp³-hybridized carbons (Fsp3) is 0.278. The first-order valence-electron chi connectivity index (χ1n) is 7.97. The Morgan fingerprint density at radius 2 is 1.62 bits per heavy atom. The van der Waals surface area contributed by atoms with Crippen molar-refractivity contribution in [2.24, 2.45) is 0 Å². The number of benzene rings is 2. The topological polar surface area (TPSA) is 66.9 Å². The van der Waals surface area contributed by atoms with Gasteiger partial charge < -0.3 is 9.64 Å². The van der Waals surface area contributed by atoms with E-state index in [2.05, 4.69) is 0 Å². The third kappa shape index (κ3) is 4.59. The Labute approximate surface area is 152 Å². The van der Waals surface area contributed by atoms with Crippen LogP contribution in [0.2, 0.25) is 0 Å². The monoisotopic (exact) mass is 380 g/mol. The van der Waals surface area contributed by atoms with Crippen LogP contribution in [0.5, 0.6) is 5.75 Å². The van der Waals surface area contributed by atoms with Crippen LogP contribution in [0.25, 0.3) is 0 Å². The van der Waals surface area contributed by atoms with Crippen LogP contribution in [-0.4, -0.2) is 45.9 Å². The molecule has 0 atom stereocenters. The Morgan fingerprint density at radius 1 is 1.04 bits per heavy atom. The first kappa shape index (κ1) is 19.9. The highest BCUT2D eigenvalue weighted by Crippen LogP contribution is 2.19. The van der Waals surface area contributed by atoms with E-state index >= 15 is 0 Å². The predicted octanol–water partition coefficient (Wildman–Crippen LogP) is 2.51. The molecule has 0 saturated heterocycles. The lowest BCUT2D eigenvalue weighted by molar-refractivity contribution is -0.118. The van der Waals surface area contributed by atoms with Crippen molar-refractivity contribution in [2.75, 3.05) is 32.1 Å². The van der Waals surface area contributed by atoms with E-state index in [0.29, 0.717) is 18.0 Å². The molecule has 0 aromatic heterocycles. The van der Waals surface area contributed by atoms with Crippen molar-refractivity contribution in [3.8, 4) is 5.75 Å². The Hall–Kier alpha value is -2.45. The van der Waals surface area contributed by atoms with Gasteiger partial charge in [0.25, 0.3) is 0 Å². The third-order valence-corrected chi connectivity index (χ3v) is 5.61. The SMILES string of the molecule is CCOc1ccc(S(=O)(=O)N(C)CC(=O)N(C)c2ccc(F)cc2)cc1. The quantitative estimate of drug-likeness (QED) is 0.740. The van der Waals surface area contributed by atoms with Crippen molar-refractivity contribution >= 4 is 21.6 Å². The minimum Gasteiger partial charge on any atom is -0.494 e. The minimum atomic E-state index is -3.82. The van der Waals surface area contributed by atoms with E-state index in [9.17, 15) is 17.6 Å². The summed E-state index contributed by atoms with van der Waals surface area (Å²) in [7, 11) is -0.976. The predicted molar refractivity (Wildman–Crippen MR) is 97.2 cm³/mol. The van der Waals surface area contributed by atoms with Crippen molar-refractivity contribution in [1.82, 2.24) is 4.31 Å². The maximum absolute atomic E-state index is 13.0. The summed E-state index contributed by atoms with van der Waals surface area (Å²) >= 11 is 0. The summed E-state index contributed by atoms with van der Waals surface area (Å²) in [5.41, 5.74) is 0.475. The number of rotatable bonds is 7. The zero-order valence-corrected chi connectivity index (χ0v) is 15.7. The van der Waals surface area contributed by atoms with Gasteiger partial charge in [0.05, 0.1) is 18.0 Å². The van der Waals surface area contributed by atoms with Crippen LogP contribution < -0.4 is 9.64 Å². The smallest absolute Gasteiger partial charge is 0.243 e. The van der Waals surface area contributed by atoms with Crippen LogP contribution in [0.15, 0.2) is 53.4 Å². The number of halogens is 1. The van der Waals surface area contributed by atoms with Gasteiger partial charge in [0.15, 0.2) is 0 Å². The number of hydrogen-bond donors (Lipinski definition) is 0. The van der Waals surface area contributed by atoms with Gasteiger partial charge in [0, 0.05) is 19.8 Å². The molecular weight excluding hydrogens is 359 g/mol. The summed E-state index contributed by atoms with van der Waals surface area (Å²) in [6, 6.07) is 11.4. The molecule has 0 saturated carbocycles. The average Bonchev–Trinajstić information content (AvgIpc) is 2.62. The number of anilines is 1. The number of ether oxygens (including phenoxy) is 1. The Kier molecular flexibility index (Phi) is 6.33. The molecule has 0 heterocycles. The summed E-state index contributed by atoms with van der Waals surface area (Å²) in [4.78, 5) is 13.7. The van der Waals surface area contributed by atoms with Crippen molar-refractivity contribution in [2.45, 2.75) is 11.8 Å². The van der Waals surface area contributed by atoms with E-state index < -0.39 is 21.7 Å². The van der Waals surface area contributed by atoms with Crippen LogP contribution in [0.1, 0.15) is 6.92 Å². The molecule has 2 aromatic rings. The number of nitrogens with zero attached hydrogens (tertiary/aromatic N) is 2. The van der Waals surface area contributed by atoms with Crippen LogP contribution in [-0.2, 0) is 14.8 Å². The molecule has 0 N–H and O–H groups in total. The normalized spacial score (nSPS) is 11.4. The molecule has 0 aliphatic heterocycles. The number of amides is 1. The Bertz CT molecular complexity index is 852. The van der Waals surface area contributed by atoms with Gasteiger partial charge in [-0.15, -0.1) is 0 Å². The van der Waals surface area contributed by atoms with Crippen molar-refractivity contribution in [3.05, 3.63) is 54.3 Å². The van der Waals surface area contributed by atoms with Crippen molar-refractivity contribution < 1.29 is 22.3 Å². The lowest BCUT2D eigenvalue weighted by atomic mass is 10.3. The number of likely N-dealkylation sites (N-methyl/N-ethyl adjacent to an activating group) is 2. The molecule has 0 bridgehead atoms. The molecule has 26 heavy (non-hydrogen) atoms. The van der Waals surface area contributed by atoms with Crippen LogP contribution in [0.4, 0.5) is 10.1 Å². The molecule has 8 heteroatoms. The summed E-state index contributed by atoms with van der Waals surface area (Å²) in [5, 5.41) is 0. The highest BCUT2D eigenvalue weighted by Gasteiger charge is 2.24. The first-order chi connectivity index (χ1) is 12.3. The third-order valence-electron chi connectivity index (χ3n) is 3.79. The lowest BCUT2D eigenvalue weighted by Crippen LogP contribution is -2.39. The summed E-state index contributed by atoms with van der Waals surface area (Å²) < 4.78 is 44.5. The average molecular weight is 380 g/mol. The number of sulfonamides is 1. The highest BCUT2D eigenvalue weighted by atomic mass is 32.2. The number of carbonyl (C=O) groups is 1. The second-order valence-electron chi connectivity index (χ2n) is 5.59. The Morgan fingerprint density at radius 3 is 2.15 bits per heavy atom. The molecule has 0 unspecified atom stereocenters. The van der Waals surface area contributed by atoms with Crippen molar-refractivity contribution in [3.63, 3.8) is 0 Å². The second-order valence-corrected chi connectivity index (χ2v) is 7.64. The lowest BCUT2D eigenvalue weighted by Gasteiger charge is -2.22. The van der Waals surface area contributed by atoms with Gasteiger partial charge in [0.1, 0.15) is 11.6 Å². The molecular formula is C18H21FN2O4S. The van der Waals surface area contributed by atoms with E-state index in [1.54, 1.807) is 12.1 Å². The molecule has 0 aliphatic carbocycles. The van der Waals surface area contributed by atoms with Gasteiger partial charge in [-0.25, -0.2) is 12.8 Å². The summed E-state index contributed by atoms with van der Waals surface area (Å²) in [5.74, 6) is -0.278. The molecule has 0 spiro atoms.